The summed E-state index contributed by atoms with van der Waals surface area (Å²) in [6.07, 6.45) is 3.57. The minimum atomic E-state index is -1.33. The van der Waals surface area contributed by atoms with Crippen LogP contribution in [0.2, 0.25) is 4.34 Å². The van der Waals surface area contributed by atoms with Gasteiger partial charge in [-0.25, -0.2) is 19.1 Å². The number of aromatic nitrogens is 2. The van der Waals surface area contributed by atoms with E-state index in [9.17, 15) is 24.3 Å². The summed E-state index contributed by atoms with van der Waals surface area (Å²) in [4.78, 5) is 58.5. The Hall–Kier alpha value is -3.69. The summed E-state index contributed by atoms with van der Waals surface area (Å²) >= 11 is 8.24. The lowest BCUT2D eigenvalue weighted by molar-refractivity contribution is -0.689. The molecule has 2 amide bonds. The van der Waals surface area contributed by atoms with E-state index in [1.807, 2.05) is 18.2 Å². The van der Waals surface area contributed by atoms with Crippen molar-refractivity contribution in [2.45, 2.75) is 18.0 Å². The van der Waals surface area contributed by atoms with Gasteiger partial charge in [0.15, 0.2) is 29.8 Å². The molecule has 1 fully saturated rings. The fraction of sp³-hybridized carbons (Fsp3) is 0.250. The van der Waals surface area contributed by atoms with Gasteiger partial charge in [-0.3, -0.25) is 14.5 Å². The number of hydrogen-bond acceptors (Lipinski definition) is 10. The molecule has 13 nitrogen and oxygen atoms in total. The van der Waals surface area contributed by atoms with Crippen LogP contribution < -0.4 is 15.6 Å². The van der Waals surface area contributed by atoms with Crippen LogP contribution in [0.1, 0.15) is 5.69 Å². The van der Waals surface area contributed by atoms with Crippen molar-refractivity contribution in [1.29, 1.82) is 0 Å². The van der Waals surface area contributed by atoms with Crippen LogP contribution in [0.15, 0.2) is 47.0 Å². The van der Waals surface area contributed by atoms with E-state index in [0.29, 0.717) is 11.3 Å². The van der Waals surface area contributed by atoms with E-state index < -0.39 is 47.5 Å². The molecule has 2 aliphatic rings. The lowest BCUT2D eigenvalue weighted by Crippen LogP contribution is -2.71. The van der Waals surface area contributed by atoms with Crippen molar-refractivity contribution >= 4 is 69.3 Å². The number of thiazole rings is 1. The van der Waals surface area contributed by atoms with Crippen LogP contribution >= 0.6 is 34.7 Å². The summed E-state index contributed by atoms with van der Waals surface area (Å²) in [6, 6.07) is 4.38. The Morgan fingerprint density at radius 3 is 2.64 bits per heavy atom. The molecule has 2 aromatic rings. The Labute approximate surface area is 216 Å². The van der Waals surface area contributed by atoms with Crippen molar-refractivity contribution in [3.05, 3.63) is 51.9 Å². The lowest BCUT2D eigenvalue weighted by atomic mass is 10.0. The highest BCUT2D eigenvalue weighted by Crippen LogP contribution is 2.40. The predicted octanol–water partition coefficient (Wildman–Crippen LogP) is -0.0897. The number of nitrogens with one attached hydrogen (secondary N) is 1. The number of fused-ring (bicyclic) bond motifs is 1. The molecule has 1 saturated heterocycles. The van der Waals surface area contributed by atoms with Gasteiger partial charge >= 0.3 is 11.9 Å². The zero-order valence-electron chi connectivity index (χ0n) is 18.2. The van der Waals surface area contributed by atoms with Crippen LogP contribution in [0.5, 0.6) is 0 Å². The summed E-state index contributed by atoms with van der Waals surface area (Å²) in [5.41, 5.74) is 5.43. The van der Waals surface area contributed by atoms with E-state index in [4.69, 9.17) is 22.4 Å². The van der Waals surface area contributed by atoms with Gasteiger partial charge in [0, 0.05) is 23.5 Å². The number of rotatable bonds is 9. The van der Waals surface area contributed by atoms with Crippen molar-refractivity contribution in [2.24, 2.45) is 5.16 Å². The number of hydrogen-bond donors (Lipinski definition) is 4. The molecule has 1 unspecified atom stereocenters. The van der Waals surface area contributed by atoms with Crippen LogP contribution in [-0.4, -0.2) is 73.3 Å². The number of nitrogens with two attached hydrogens (primary N) is 1. The standard InChI is InChI=1S/C20H17ClN6O7S2/c21-15-11(24-20(22)36-15)12(25-34-7-10(28)29)16(30)23-13-17(31)27-14(19(32)33)9(8-35-18(13)27)6-26-4-2-1-3-5-26/h1-5,13,18H,6-8H2,(H4-,22,23,24,28,29,30,32,33)/p+1/t13?,18-/m1/s1. The van der Waals surface area contributed by atoms with Crippen LogP contribution in [0.3, 0.4) is 0 Å². The third kappa shape index (κ3) is 5.12. The topological polar surface area (TPSA) is 188 Å². The summed E-state index contributed by atoms with van der Waals surface area (Å²) in [5, 5.41) is 24.0. The largest absolute Gasteiger partial charge is 0.479 e. The van der Waals surface area contributed by atoms with Crippen LogP contribution in [0.4, 0.5) is 5.13 Å². The number of halogens is 1. The van der Waals surface area contributed by atoms with Gasteiger partial charge in [-0.15, -0.1) is 11.8 Å². The second kappa shape index (κ2) is 10.5. The molecule has 5 N–H and O–H groups in total. The van der Waals surface area contributed by atoms with Crippen molar-refractivity contribution in [2.75, 3.05) is 18.1 Å². The first kappa shape index (κ1) is 25.4. The molecular weight excluding hydrogens is 536 g/mol. The first-order chi connectivity index (χ1) is 17.2. The van der Waals surface area contributed by atoms with Gasteiger partial charge in [-0.2, -0.15) is 0 Å². The van der Waals surface area contributed by atoms with Crippen LogP contribution in [0, 0.1) is 0 Å². The number of aliphatic carboxylic acids is 2. The number of anilines is 1. The number of oxime groups is 1. The van der Waals surface area contributed by atoms with Crippen molar-refractivity contribution < 1.29 is 38.8 Å². The highest BCUT2D eigenvalue weighted by molar-refractivity contribution is 8.00. The van der Waals surface area contributed by atoms with E-state index in [2.05, 4.69) is 20.3 Å². The van der Waals surface area contributed by atoms with Gasteiger partial charge in [0.2, 0.25) is 6.61 Å². The van der Waals surface area contributed by atoms with Gasteiger partial charge in [-0.1, -0.05) is 34.2 Å². The Kier molecular flexibility index (Phi) is 7.42. The zero-order chi connectivity index (χ0) is 26.0. The second-order valence-corrected chi connectivity index (χ2v) is 10.2. The highest BCUT2D eigenvalue weighted by Gasteiger charge is 2.54. The molecule has 4 heterocycles. The molecule has 36 heavy (non-hydrogen) atoms. The molecule has 16 heteroatoms. The van der Waals surface area contributed by atoms with E-state index in [-0.39, 0.29) is 27.4 Å². The molecular formula is C20H18ClN6O7S2+. The molecule has 2 aliphatic heterocycles. The summed E-state index contributed by atoms with van der Waals surface area (Å²) in [6.45, 7) is -0.554. The van der Waals surface area contributed by atoms with Gasteiger partial charge in [0.05, 0.1) is 0 Å². The number of β-lactam (4-membered cyclic amide) rings is 1. The van der Waals surface area contributed by atoms with Crippen molar-refractivity contribution in [3.63, 3.8) is 0 Å². The SMILES string of the molecule is Nc1nc(C(=NOCC(=O)O)C(=O)NC2C(=O)N3C(C(=O)O)=C(C[n+]4ccccc4)CS[C@H]23)c(Cl)s1. The first-order valence-electron chi connectivity index (χ1n) is 10.2. The zero-order valence-corrected chi connectivity index (χ0v) is 20.5. The second-order valence-electron chi connectivity index (χ2n) is 7.45. The number of carbonyl (C=O) groups is 4. The summed E-state index contributed by atoms with van der Waals surface area (Å²) < 4.78 is 1.80. The summed E-state index contributed by atoms with van der Waals surface area (Å²) in [7, 11) is 0. The fourth-order valence-electron chi connectivity index (χ4n) is 3.58. The van der Waals surface area contributed by atoms with Gasteiger partial charge in [0.25, 0.3) is 11.8 Å². The minimum absolute atomic E-state index is 0.00748. The first-order valence-corrected chi connectivity index (χ1v) is 12.4. The lowest BCUT2D eigenvalue weighted by Gasteiger charge is -2.49. The number of nitrogens with zero attached hydrogens (tertiary/aromatic N) is 4. The molecule has 0 saturated carbocycles. The van der Waals surface area contributed by atoms with E-state index in [1.54, 1.807) is 17.0 Å². The maximum absolute atomic E-state index is 13.0. The molecule has 0 radical (unpaired) electrons. The number of nitrogen functional groups attached to an aromatic ring is 1. The maximum Gasteiger partial charge on any atom is 0.352 e. The number of amides is 2. The number of carboxylic acid groups (broad SMARTS) is 2. The summed E-state index contributed by atoms with van der Waals surface area (Å²) in [5.74, 6) is -3.80. The number of pyridine rings is 1. The number of carbonyl (C=O) groups excluding carboxylic acids is 2. The van der Waals surface area contributed by atoms with Gasteiger partial charge in [-0.05, 0) is 0 Å². The Morgan fingerprint density at radius 1 is 1.31 bits per heavy atom. The van der Waals surface area contributed by atoms with E-state index in [0.717, 1.165) is 16.2 Å². The predicted molar refractivity (Wildman–Crippen MR) is 128 cm³/mol. The molecule has 4 rings (SSSR count). The molecule has 2 aromatic heterocycles. The Morgan fingerprint density at radius 2 is 2.03 bits per heavy atom. The van der Waals surface area contributed by atoms with Crippen molar-refractivity contribution in [3.8, 4) is 0 Å². The molecule has 0 aliphatic carbocycles. The monoisotopic (exact) mass is 553 g/mol. The molecule has 0 bridgehead atoms. The smallest absolute Gasteiger partial charge is 0.352 e. The molecule has 2 atom stereocenters. The highest BCUT2D eigenvalue weighted by atomic mass is 35.5. The van der Waals surface area contributed by atoms with Crippen LogP contribution in [0.25, 0.3) is 0 Å². The van der Waals surface area contributed by atoms with Crippen molar-refractivity contribution in [1.82, 2.24) is 15.2 Å². The Balaban J connectivity index is 1.54. The molecule has 0 spiro atoms. The fourth-order valence-corrected chi connectivity index (χ4v) is 5.85. The average Bonchev–Trinajstić information content (AvgIpc) is 3.17. The molecule has 188 valence electrons. The minimum Gasteiger partial charge on any atom is -0.479 e. The van der Waals surface area contributed by atoms with Gasteiger partial charge in [0.1, 0.15) is 27.1 Å². The third-order valence-electron chi connectivity index (χ3n) is 5.07. The molecule has 0 aromatic carbocycles. The third-order valence-corrected chi connectivity index (χ3v) is 7.50. The number of thioether (sulfide) groups is 1. The van der Waals surface area contributed by atoms with E-state index in [1.165, 1.54) is 11.8 Å². The maximum atomic E-state index is 13.0. The van der Waals surface area contributed by atoms with Gasteiger partial charge < -0.3 is 26.1 Å². The van der Waals surface area contributed by atoms with E-state index >= 15 is 0 Å². The average molecular weight is 554 g/mol. The normalized spacial score (nSPS) is 19.4. The quantitative estimate of drug-likeness (QED) is 0.141. The number of carboxylic acids is 2. The Bertz CT molecular complexity index is 1300. The van der Waals surface area contributed by atoms with Crippen LogP contribution in [-0.2, 0) is 30.6 Å².